The zero-order valence-corrected chi connectivity index (χ0v) is 12.0. The molecule has 0 saturated heterocycles. The molecule has 0 bridgehead atoms. The van der Waals surface area contributed by atoms with E-state index in [1.54, 1.807) is 0 Å². The highest BCUT2D eigenvalue weighted by Crippen LogP contribution is 2.24. The number of aromatic nitrogens is 1. The minimum Gasteiger partial charge on any atom is -0.367 e. The van der Waals surface area contributed by atoms with Gasteiger partial charge in [0.2, 0.25) is 0 Å². The lowest BCUT2D eigenvalue weighted by Crippen LogP contribution is -2.35. The van der Waals surface area contributed by atoms with Crippen molar-refractivity contribution in [2.75, 3.05) is 5.32 Å². The Kier molecular flexibility index (Phi) is 3.91. The van der Waals surface area contributed by atoms with E-state index >= 15 is 0 Å². The molecule has 18 heavy (non-hydrogen) atoms. The standard InChI is InChI=1S/C15H25N3/c1-5-12-8-11(10-16-15(2,3)4)9-14(17-12)18-13-6-7-13/h8-9,13,16H,5-7,10H2,1-4H3,(H,17,18). The molecular weight excluding hydrogens is 222 g/mol. The lowest BCUT2D eigenvalue weighted by Gasteiger charge is -2.21. The van der Waals surface area contributed by atoms with Crippen molar-refractivity contribution in [1.82, 2.24) is 10.3 Å². The third-order valence-corrected chi connectivity index (χ3v) is 3.05. The van der Waals surface area contributed by atoms with Crippen LogP contribution in [0.4, 0.5) is 5.82 Å². The van der Waals surface area contributed by atoms with Crippen LogP contribution >= 0.6 is 0 Å². The summed E-state index contributed by atoms with van der Waals surface area (Å²) in [4.78, 5) is 4.64. The summed E-state index contributed by atoms with van der Waals surface area (Å²) in [6.07, 6.45) is 3.56. The summed E-state index contributed by atoms with van der Waals surface area (Å²) in [5.74, 6) is 1.04. The van der Waals surface area contributed by atoms with Gasteiger partial charge in [0.05, 0.1) is 0 Å². The van der Waals surface area contributed by atoms with Crippen LogP contribution in [0, 0.1) is 0 Å². The largest absolute Gasteiger partial charge is 0.367 e. The highest BCUT2D eigenvalue weighted by Gasteiger charge is 2.21. The Morgan fingerprint density at radius 2 is 2.00 bits per heavy atom. The number of anilines is 1. The van der Waals surface area contributed by atoms with Crippen LogP contribution in [-0.2, 0) is 13.0 Å². The van der Waals surface area contributed by atoms with Crippen molar-refractivity contribution in [3.8, 4) is 0 Å². The molecule has 1 aliphatic rings. The molecule has 1 aromatic heterocycles. The van der Waals surface area contributed by atoms with Gasteiger partial charge in [-0.2, -0.15) is 0 Å². The molecule has 1 aliphatic carbocycles. The fraction of sp³-hybridized carbons (Fsp3) is 0.667. The van der Waals surface area contributed by atoms with E-state index in [4.69, 9.17) is 0 Å². The topological polar surface area (TPSA) is 37.0 Å². The number of nitrogens with one attached hydrogen (secondary N) is 2. The van der Waals surface area contributed by atoms with E-state index in [0.29, 0.717) is 6.04 Å². The number of hydrogen-bond donors (Lipinski definition) is 2. The van der Waals surface area contributed by atoms with Gasteiger partial charge in [-0.25, -0.2) is 4.98 Å². The molecule has 0 amide bonds. The van der Waals surface area contributed by atoms with Crippen LogP contribution in [-0.4, -0.2) is 16.6 Å². The van der Waals surface area contributed by atoms with Gasteiger partial charge in [-0.05, 0) is 57.7 Å². The maximum absolute atomic E-state index is 4.64. The van der Waals surface area contributed by atoms with Gasteiger partial charge in [-0.3, -0.25) is 0 Å². The molecular formula is C15H25N3. The maximum Gasteiger partial charge on any atom is 0.126 e. The predicted octanol–water partition coefficient (Wildman–Crippen LogP) is 3.11. The van der Waals surface area contributed by atoms with Crippen LogP contribution in [0.5, 0.6) is 0 Å². The van der Waals surface area contributed by atoms with Crippen LogP contribution < -0.4 is 10.6 Å². The van der Waals surface area contributed by atoms with Gasteiger partial charge >= 0.3 is 0 Å². The first-order valence-electron chi connectivity index (χ1n) is 6.97. The number of pyridine rings is 1. The highest BCUT2D eigenvalue weighted by molar-refractivity contribution is 5.41. The van der Waals surface area contributed by atoms with Crippen molar-refractivity contribution in [2.45, 2.75) is 65.1 Å². The molecule has 0 spiro atoms. The average Bonchev–Trinajstić information content (AvgIpc) is 3.09. The summed E-state index contributed by atoms with van der Waals surface area (Å²) >= 11 is 0. The minimum atomic E-state index is 0.153. The molecule has 0 aliphatic heterocycles. The Morgan fingerprint density at radius 1 is 1.28 bits per heavy atom. The molecule has 0 unspecified atom stereocenters. The van der Waals surface area contributed by atoms with E-state index in [-0.39, 0.29) is 5.54 Å². The van der Waals surface area contributed by atoms with Crippen molar-refractivity contribution in [1.29, 1.82) is 0 Å². The monoisotopic (exact) mass is 247 g/mol. The van der Waals surface area contributed by atoms with Gasteiger partial charge < -0.3 is 10.6 Å². The molecule has 1 fully saturated rings. The van der Waals surface area contributed by atoms with E-state index in [1.165, 1.54) is 24.1 Å². The van der Waals surface area contributed by atoms with Crippen molar-refractivity contribution >= 4 is 5.82 Å². The van der Waals surface area contributed by atoms with Crippen LogP contribution in [0.3, 0.4) is 0 Å². The number of hydrogen-bond acceptors (Lipinski definition) is 3. The second kappa shape index (κ2) is 5.27. The van der Waals surface area contributed by atoms with Crippen LogP contribution in [0.2, 0.25) is 0 Å². The quantitative estimate of drug-likeness (QED) is 0.839. The molecule has 3 nitrogen and oxygen atoms in total. The zero-order chi connectivity index (χ0) is 13.2. The smallest absolute Gasteiger partial charge is 0.126 e. The Labute approximate surface area is 110 Å². The Balaban J connectivity index is 2.07. The van der Waals surface area contributed by atoms with E-state index in [0.717, 1.165) is 18.8 Å². The molecule has 0 radical (unpaired) electrons. The first kappa shape index (κ1) is 13.3. The van der Waals surface area contributed by atoms with Crippen LogP contribution in [0.15, 0.2) is 12.1 Å². The van der Waals surface area contributed by atoms with Gasteiger partial charge in [-0.15, -0.1) is 0 Å². The Morgan fingerprint density at radius 3 is 2.56 bits per heavy atom. The van der Waals surface area contributed by atoms with E-state index < -0.39 is 0 Å². The fourth-order valence-electron chi connectivity index (χ4n) is 1.81. The van der Waals surface area contributed by atoms with Crippen LogP contribution in [0.1, 0.15) is 51.8 Å². The lowest BCUT2D eigenvalue weighted by atomic mass is 10.1. The number of rotatable bonds is 5. The molecule has 1 aromatic rings. The molecule has 1 heterocycles. The molecule has 0 aromatic carbocycles. The molecule has 2 N–H and O–H groups in total. The Bertz CT molecular complexity index is 403. The van der Waals surface area contributed by atoms with Crippen LogP contribution in [0.25, 0.3) is 0 Å². The highest BCUT2D eigenvalue weighted by atomic mass is 15.0. The predicted molar refractivity (Wildman–Crippen MR) is 76.9 cm³/mol. The first-order chi connectivity index (χ1) is 8.46. The number of nitrogens with zero attached hydrogens (tertiary/aromatic N) is 1. The SMILES string of the molecule is CCc1cc(CNC(C)(C)C)cc(NC2CC2)n1. The summed E-state index contributed by atoms with van der Waals surface area (Å²) in [6, 6.07) is 5.04. The van der Waals surface area contributed by atoms with Crippen molar-refractivity contribution < 1.29 is 0 Å². The zero-order valence-electron chi connectivity index (χ0n) is 12.0. The number of aryl methyl sites for hydroxylation is 1. The van der Waals surface area contributed by atoms with Crippen molar-refractivity contribution in [3.05, 3.63) is 23.4 Å². The molecule has 2 rings (SSSR count). The summed E-state index contributed by atoms with van der Waals surface area (Å²) in [6.45, 7) is 9.64. The Hall–Kier alpha value is -1.09. The second-order valence-corrected chi connectivity index (χ2v) is 6.23. The van der Waals surface area contributed by atoms with Crippen molar-refractivity contribution in [2.24, 2.45) is 0 Å². The molecule has 100 valence electrons. The summed E-state index contributed by atoms with van der Waals surface area (Å²) in [7, 11) is 0. The summed E-state index contributed by atoms with van der Waals surface area (Å²) in [5, 5.41) is 7.02. The van der Waals surface area contributed by atoms with Gasteiger partial charge in [0.15, 0.2) is 0 Å². The van der Waals surface area contributed by atoms with Gasteiger partial charge in [0.25, 0.3) is 0 Å². The maximum atomic E-state index is 4.64. The molecule has 3 heteroatoms. The van der Waals surface area contributed by atoms with E-state index in [1.807, 2.05) is 0 Å². The van der Waals surface area contributed by atoms with E-state index in [2.05, 4.69) is 55.4 Å². The normalized spacial score (nSPS) is 15.8. The third kappa shape index (κ3) is 4.30. The van der Waals surface area contributed by atoms with Gasteiger partial charge in [0, 0.05) is 23.8 Å². The molecule has 1 saturated carbocycles. The summed E-state index contributed by atoms with van der Waals surface area (Å²) in [5.41, 5.74) is 2.64. The minimum absolute atomic E-state index is 0.153. The first-order valence-corrected chi connectivity index (χ1v) is 6.97. The summed E-state index contributed by atoms with van der Waals surface area (Å²) < 4.78 is 0. The fourth-order valence-corrected chi connectivity index (χ4v) is 1.81. The van der Waals surface area contributed by atoms with Crippen molar-refractivity contribution in [3.63, 3.8) is 0 Å². The lowest BCUT2D eigenvalue weighted by molar-refractivity contribution is 0.424. The van der Waals surface area contributed by atoms with Gasteiger partial charge in [-0.1, -0.05) is 6.92 Å². The average molecular weight is 247 g/mol. The second-order valence-electron chi connectivity index (χ2n) is 6.23. The van der Waals surface area contributed by atoms with Gasteiger partial charge in [0.1, 0.15) is 5.82 Å². The third-order valence-electron chi connectivity index (χ3n) is 3.05. The van der Waals surface area contributed by atoms with E-state index in [9.17, 15) is 0 Å². The molecule has 0 atom stereocenters.